The Labute approximate surface area is 255 Å². The predicted molar refractivity (Wildman–Crippen MR) is 169 cm³/mol. The van der Waals surface area contributed by atoms with Gasteiger partial charge in [0.1, 0.15) is 17.2 Å². The van der Waals surface area contributed by atoms with E-state index >= 15 is 0 Å². The van der Waals surface area contributed by atoms with Crippen molar-refractivity contribution in [3.05, 3.63) is 65.5 Å². The largest absolute Gasteiger partial charge is 0.369 e. The molecule has 1 spiro atoms. The van der Waals surface area contributed by atoms with E-state index in [0.717, 1.165) is 55.9 Å². The van der Waals surface area contributed by atoms with E-state index in [1.54, 1.807) is 11.0 Å². The Kier molecular flexibility index (Phi) is 9.42. The van der Waals surface area contributed by atoms with Crippen molar-refractivity contribution >= 4 is 54.1 Å². The number of hydrogen-bond donors (Lipinski definition) is 1. The average Bonchev–Trinajstić information content (AvgIpc) is 3.16. The maximum absolute atomic E-state index is 14.3. The molecule has 6 rings (SSSR count). The first-order chi connectivity index (χ1) is 18.7. The van der Waals surface area contributed by atoms with Crippen LogP contribution in [0.25, 0.3) is 6.08 Å². The lowest BCUT2D eigenvalue weighted by molar-refractivity contribution is 0.122. The van der Waals surface area contributed by atoms with Gasteiger partial charge in [-0.25, -0.2) is 9.18 Å². The highest BCUT2D eigenvalue weighted by molar-refractivity contribution is 6.16. The van der Waals surface area contributed by atoms with E-state index in [9.17, 15) is 9.18 Å². The second-order valence-electron chi connectivity index (χ2n) is 12.3. The minimum absolute atomic E-state index is 0. The van der Waals surface area contributed by atoms with Gasteiger partial charge in [-0.1, -0.05) is 55.7 Å². The Hall–Kier alpha value is -2.61. The highest BCUT2D eigenvalue weighted by Gasteiger charge is 2.54. The van der Waals surface area contributed by atoms with E-state index in [4.69, 9.17) is 5.32 Å². The first-order valence-corrected chi connectivity index (χ1v) is 14.5. The Morgan fingerprint density at radius 1 is 1.07 bits per heavy atom. The van der Waals surface area contributed by atoms with Crippen LogP contribution in [0, 0.1) is 5.82 Å². The summed E-state index contributed by atoms with van der Waals surface area (Å²) in [5.41, 5.74) is 3.23. The number of amidine groups is 1. The molecule has 2 amide bonds. The van der Waals surface area contributed by atoms with Crippen LogP contribution in [-0.2, 0) is 6.54 Å². The number of anilines is 1. The fraction of sp³-hybridized carbons (Fsp3) is 0.500. The van der Waals surface area contributed by atoms with Gasteiger partial charge < -0.3 is 5.32 Å². The number of piperidine rings is 1. The molecule has 2 aromatic rings. The summed E-state index contributed by atoms with van der Waals surface area (Å²) in [6.07, 6.45) is 11.6. The molecule has 9 heteroatoms. The number of aliphatic imine (C=N–C) groups is 1. The lowest BCUT2D eigenvalue weighted by Crippen LogP contribution is -2.63. The van der Waals surface area contributed by atoms with Gasteiger partial charge in [0.2, 0.25) is 0 Å². The molecule has 1 radical (unpaired) electrons. The molecule has 1 N–H and O–H groups in total. The van der Waals surface area contributed by atoms with Gasteiger partial charge in [-0.2, -0.15) is 4.99 Å². The highest BCUT2D eigenvalue weighted by atomic mass is 35.5. The molecule has 1 saturated carbocycles. The van der Waals surface area contributed by atoms with Crippen LogP contribution in [0.3, 0.4) is 0 Å². The summed E-state index contributed by atoms with van der Waals surface area (Å²) in [5.74, 6) is 0.429. The van der Waals surface area contributed by atoms with E-state index in [1.165, 1.54) is 37.0 Å². The van der Waals surface area contributed by atoms with Crippen LogP contribution in [0.15, 0.2) is 53.5 Å². The van der Waals surface area contributed by atoms with Gasteiger partial charge in [-0.3, -0.25) is 15.1 Å². The number of rotatable bonds is 4. The zero-order chi connectivity index (χ0) is 27.2. The van der Waals surface area contributed by atoms with Crippen molar-refractivity contribution in [1.29, 1.82) is 0 Å². The lowest BCUT2D eigenvalue weighted by atomic mass is 9.80. The summed E-state index contributed by atoms with van der Waals surface area (Å²) in [4.78, 5) is 22.3. The quantitative estimate of drug-likeness (QED) is 0.398. The van der Waals surface area contributed by atoms with E-state index in [-0.39, 0.29) is 48.2 Å². The Morgan fingerprint density at radius 3 is 2.56 bits per heavy atom. The number of halogens is 3. The summed E-state index contributed by atoms with van der Waals surface area (Å²) in [5, 5.41) is 8.77. The van der Waals surface area contributed by atoms with E-state index in [2.05, 4.69) is 66.3 Å². The standard InChI is InChI=1S/C32H39FN5O.2ClH/c1-22-20-32(17-18-37(22)21-24-10-7-9-23-15-16-31(2,3)36-28(23)24)29(34-26-12-5-4-6-13-26)35-30(39)38(32)27-14-8-11-25(33)19-27;;/h7-11,14-16,19,22,26H,4-6,12-13,17-18,20-21H2,1-3H3,(H,34,35,39);2*1H/t22-,32+;;/m0../s1. The van der Waals surface area contributed by atoms with Crippen LogP contribution in [0.5, 0.6) is 0 Å². The molecule has 4 aliphatic rings. The molecular formula is C32H41Cl2FN5O. The number of carbonyl (C=O) groups excluding carboxylic acids is 1. The normalized spacial score (nSPS) is 25.6. The summed E-state index contributed by atoms with van der Waals surface area (Å²) in [7, 11) is 0. The molecule has 1 aliphatic carbocycles. The SMILES string of the molecule is C[C@H]1C[C@]2(CCN1Cc1cccc3c1[N]C(C)(C)C=C3)C(NC1CCCCC1)=NC(=O)N2c1cccc(F)c1.Cl.Cl. The van der Waals surface area contributed by atoms with Crippen molar-refractivity contribution in [3.63, 3.8) is 0 Å². The number of fused-ring (bicyclic) bond motifs is 1. The first-order valence-electron chi connectivity index (χ1n) is 14.5. The van der Waals surface area contributed by atoms with Crippen molar-refractivity contribution in [1.82, 2.24) is 15.5 Å². The van der Waals surface area contributed by atoms with Crippen LogP contribution in [0.1, 0.15) is 76.8 Å². The molecule has 1 saturated heterocycles. The van der Waals surface area contributed by atoms with Crippen LogP contribution in [0.4, 0.5) is 20.6 Å². The smallest absolute Gasteiger partial charge is 0.350 e. The van der Waals surface area contributed by atoms with Crippen molar-refractivity contribution in [2.45, 2.75) is 95.4 Å². The molecule has 0 bridgehead atoms. The number of benzene rings is 2. The molecule has 2 aromatic carbocycles. The third-order valence-corrected chi connectivity index (χ3v) is 8.94. The fourth-order valence-electron chi connectivity index (χ4n) is 6.89. The van der Waals surface area contributed by atoms with Gasteiger partial charge in [0.05, 0.1) is 11.2 Å². The zero-order valence-electron chi connectivity index (χ0n) is 24.1. The molecule has 0 aromatic heterocycles. The van der Waals surface area contributed by atoms with Gasteiger partial charge in [0.15, 0.2) is 0 Å². The van der Waals surface area contributed by atoms with Crippen molar-refractivity contribution < 1.29 is 9.18 Å². The predicted octanol–water partition coefficient (Wildman–Crippen LogP) is 7.39. The maximum atomic E-state index is 14.3. The minimum atomic E-state index is -0.608. The second-order valence-corrected chi connectivity index (χ2v) is 12.3. The summed E-state index contributed by atoms with van der Waals surface area (Å²) in [6, 6.07) is 13.0. The van der Waals surface area contributed by atoms with Crippen molar-refractivity contribution in [2.24, 2.45) is 4.99 Å². The highest BCUT2D eigenvalue weighted by Crippen LogP contribution is 2.42. The van der Waals surface area contributed by atoms with Gasteiger partial charge in [0, 0.05) is 30.9 Å². The lowest BCUT2D eigenvalue weighted by Gasteiger charge is -2.48. The van der Waals surface area contributed by atoms with E-state index in [0.29, 0.717) is 11.7 Å². The first kappa shape index (κ1) is 31.3. The molecule has 221 valence electrons. The third-order valence-electron chi connectivity index (χ3n) is 8.94. The molecule has 2 fully saturated rings. The average molecular weight is 602 g/mol. The Balaban J connectivity index is 0.00000194. The molecule has 2 atom stereocenters. The fourth-order valence-corrected chi connectivity index (χ4v) is 6.89. The minimum Gasteiger partial charge on any atom is -0.369 e. The Bertz CT molecular complexity index is 1320. The summed E-state index contributed by atoms with van der Waals surface area (Å²) in [6.45, 7) is 8.10. The number of para-hydroxylation sites is 1. The number of nitrogens with zero attached hydrogens (tertiary/aromatic N) is 4. The molecule has 3 heterocycles. The molecular weight excluding hydrogens is 560 g/mol. The van der Waals surface area contributed by atoms with Gasteiger partial charge in [-0.05, 0) is 75.8 Å². The number of amides is 2. The third kappa shape index (κ3) is 6.13. The number of carbonyl (C=O) groups is 1. The monoisotopic (exact) mass is 600 g/mol. The molecule has 0 unspecified atom stereocenters. The van der Waals surface area contributed by atoms with Gasteiger partial charge in [0.25, 0.3) is 0 Å². The van der Waals surface area contributed by atoms with Gasteiger partial charge in [-0.15, -0.1) is 24.8 Å². The van der Waals surface area contributed by atoms with Crippen molar-refractivity contribution in [3.8, 4) is 0 Å². The molecule has 6 nitrogen and oxygen atoms in total. The van der Waals surface area contributed by atoms with Crippen LogP contribution < -0.4 is 15.5 Å². The molecule has 3 aliphatic heterocycles. The second kappa shape index (κ2) is 12.3. The van der Waals surface area contributed by atoms with E-state index < -0.39 is 5.54 Å². The van der Waals surface area contributed by atoms with E-state index in [1.807, 2.05) is 6.07 Å². The van der Waals surface area contributed by atoms with Crippen LogP contribution in [-0.4, -0.2) is 46.5 Å². The van der Waals surface area contributed by atoms with Crippen LogP contribution in [0.2, 0.25) is 0 Å². The molecule has 41 heavy (non-hydrogen) atoms. The topological polar surface area (TPSA) is 62.0 Å². The maximum Gasteiger partial charge on any atom is 0.350 e. The number of nitrogens with one attached hydrogen (secondary N) is 1. The number of hydrogen-bond acceptors (Lipinski definition) is 3. The van der Waals surface area contributed by atoms with Crippen molar-refractivity contribution in [2.75, 3.05) is 11.4 Å². The summed E-state index contributed by atoms with van der Waals surface area (Å²) >= 11 is 0. The number of urea groups is 1. The van der Waals surface area contributed by atoms with Gasteiger partial charge >= 0.3 is 6.03 Å². The van der Waals surface area contributed by atoms with Crippen LogP contribution >= 0.6 is 24.8 Å². The summed E-state index contributed by atoms with van der Waals surface area (Å²) < 4.78 is 14.3. The number of likely N-dealkylation sites (tertiary alicyclic amines) is 1. The zero-order valence-corrected chi connectivity index (χ0v) is 25.7. The Morgan fingerprint density at radius 2 is 1.83 bits per heavy atom.